The highest BCUT2D eigenvalue weighted by atomic mass is 19.3. The van der Waals surface area contributed by atoms with E-state index < -0.39 is 23.4 Å². The van der Waals surface area contributed by atoms with Crippen molar-refractivity contribution in [1.29, 1.82) is 0 Å². The molecule has 1 aromatic heterocycles. The summed E-state index contributed by atoms with van der Waals surface area (Å²) in [5, 5.41) is 0. The van der Waals surface area contributed by atoms with Gasteiger partial charge in [0.05, 0.1) is 12.5 Å². The third kappa shape index (κ3) is 1.45. The van der Waals surface area contributed by atoms with E-state index in [9.17, 15) is 13.6 Å². The van der Waals surface area contributed by atoms with Crippen LogP contribution in [0, 0.1) is 5.92 Å². The SMILES string of the molecule is O=c1occ(C(F)(F)C2CCOC2)o1. The van der Waals surface area contributed by atoms with Crippen LogP contribution < -0.4 is 5.82 Å². The Labute approximate surface area is 77.5 Å². The van der Waals surface area contributed by atoms with Gasteiger partial charge in [0.15, 0.2) is 0 Å². The number of ether oxygens (including phenoxy) is 1. The van der Waals surface area contributed by atoms with Gasteiger partial charge in [-0.05, 0) is 6.42 Å². The van der Waals surface area contributed by atoms with Crippen molar-refractivity contribution in [1.82, 2.24) is 0 Å². The maximum absolute atomic E-state index is 13.5. The van der Waals surface area contributed by atoms with E-state index in [-0.39, 0.29) is 13.0 Å². The minimum atomic E-state index is -3.19. The first-order valence-corrected chi connectivity index (χ1v) is 4.15. The molecule has 0 aliphatic carbocycles. The van der Waals surface area contributed by atoms with Gasteiger partial charge in [0.2, 0.25) is 5.76 Å². The van der Waals surface area contributed by atoms with Crippen LogP contribution in [0.5, 0.6) is 0 Å². The second kappa shape index (κ2) is 3.20. The van der Waals surface area contributed by atoms with Crippen molar-refractivity contribution in [3.63, 3.8) is 0 Å². The van der Waals surface area contributed by atoms with Crippen LogP contribution in [0.15, 0.2) is 19.9 Å². The van der Waals surface area contributed by atoms with Gasteiger partial charge in [-0.3, -0.25) is 0 Å². The van der Waals surface area contributed by atoms with Crippen molar-refractivity contribution in [2.75, 3.05) is 13.2 Å². The Morgan fingerprint density at radius 2 is 2.29 bits per heavy atom. The first kappa shape index (κ1) is 9.39. The summed E-state index contributed by atoms with van der Waals surface area (Å²) in [5.41, 5.74) is 0. The molecule has 0 bridgehead atoms. The summed E-state index contributed by atoms with van der Waals surface area (Å²) in [4.78, 5) is 10.5. The maximum atomic E-state index is 13.5. The summed E-state index contributed by atoms with van der Waals surface area (Å²) in [7, 11) is 0. The van der Waals surface area contributed by atoms with E-state index >= 15 is 0 Å². The third-order valence-electron chi connectivity index (χ3n) is 2.23. The molecule has 0 N–H and O–H groups in total. The van der Waals surface area contributed by atoms with E-state index in [1.54, 1.807) is 0 Å². The van der Waals surface area contributed by atoms with Crippen LogP contribution in [0.3, 0.4) is 0 Å². The third-order valence-corrected chi connectivity index (χ3v) is 2.23. The summed E-state index contributed by atoms with van der Waals surface area (Å²) in [6, 6.07) is 0. The largest absolute Gasteiger partial charge is 0.518 e. The van der Waals surface area contributed by atoms with Crippen molar-refractivity contribution >= 4 is 0 Å². The molecule has 4 nitrogen and oxygen atoms in total. The molecule has 1 aromatic rings. The minimum absolute atomic E-state index is 0.0259. The zero-order valence-electron chi connectivity index (χ0n) is 7.16. The fourth-order valence-corrected chi connectivity index (χ4v) is 1.41. The molecule has 1 aliphatic rings. The summed E-state index contributed by atoms with van der Waals surface area (Å²) < 4.78 is 40.2. The minimum Gasteiger partial charge on any atom is -0.399 e. The fourth-order valence-electron chi connectivity index (χ4n) is 1.41. The van der Waals surface area contributed by atoms with E-state index in [1.807, 2.05) is 0 Å². The van der Waals surface area contributed by atoms with Gasteiger partial charge in [-0.1, -0.05) is 0 Å². The molecule has 1 saturated heterocycles. The Bertz CT molecular complexity index is 361. The van der Waals surface area contributed by atoms with Crippen molar-refractivity contribution in [2.45, 2.75) is 12.3 Å². The highest BCUT2D eigenvalue weighted by Gasteiger charge is 2.46. The lowest BCUT2D eigenvalue weighted by atomic mass is 9.99. The Hall–Kier alpha value is -1.17. The molecule has 2 heterocycles. The van der Waals surface area contributed by atoms with Gasteiger partial charge in [-0.25, -0.2) is 4.79 Å². The van der Waals surface area contributed by atoms with Crippen molar-refractivity contribution < 1.29 is 22.4 Å². The average Bonchev–Trinajstić information content (AvgIpc) is 2.72. The van der Waals surface area contributed by atoms with Crippen LogP contribution in [0.4, 0.5) is 8.78 Å². The Morgan fingerprint density at radius 1 is 1.50 bits per heavy atom. The number of halogens is 2. The molecule has 78 valence electrons. The molecule has 0 amide bonds. The van der Waals surface area contributed by atoms with E-state index in [0.717, 1.165) is 0 Å². The van der Waals surface area contributed by atoms with Gasteiger partial charge in [0.1, 0.15) is 6.26 Å². The Kier molecular flexibility index (Phi) is 2.14. The Balaban J connectivity index is 2.26. The molecule has 1 fully saturated rings. The predicted octanol–water partition coefficient (Wildman–Crippen LogP) is 1.36. The number of rotatable bonds is 2. The highest BCUT2D eigenvalue weighted by Crippen LogP contribution is 2.39. The molecule has 0 radical (unpaired) electrons. The van der Waals surface area contributed by atoms with Crippen LogP contribution in [-0.2, 0) is 10.7 Å². The summed E-state index contributed by atoms with van der Waals surface area (Å²) in [6.07, 6.45) is 0.905. The monoisotopic (exact) mass is 206 g/mol. The number of hydrogen-bond donors (Lipinski definition) is 0. The van der Waals surface area contributed by atoms with Gasteiger partial charge in [0.25, 0.3) is 0 Å². The zero-order chi connectivity index (χ0) is 10.2. The lowest BCUT2D eigenvalue weighted by molar-refractivity contribution is -0.0841. The van der Waals surface area contributed by atoms with Gasteiger partial charge in [-0.2, -0.15) is 8.78 Å². The summed E-state index contributed by atoms with van der Waals surface area (Å²) >= 11 is 0. The number of hydrogen-bond acceptors (Lipinski definition) is 4. The second-order valence-corrected chi connectivity index (χ2v) is 3.14. The van der Waals surface area contributed by atoms with Crippen molar-refractivity contribution in [3.8, 4) is 0 Å². The van der Waals surface area contributed by atoms with Crippen LogP contribution in [-0.4, -0.2) is 13.2 Å². The fraction of sp³-hybridized carbons (Fsp3) is 0.625. The maximum Gasteiger partial charge on any atom is 0.518 e. The zero-order valence-corrected chi connectivity index (χ0v) is 7.16. The summed E-state index contributed by atoms with van der Waals surface area (Å²) in [6.45, 7) is 0.282. The summed E-state index contributed by atoms with van der Waals surface area (Å²) in [5.74, 6) is -5.97. The predicted molar refractivity (Wildman–Crippen MR) is 40.1 cm³/mol. The van der Waals surface area contributed by atoms with E-state index in [2.05, 4.69) is 8.83 Å². The van der Waals surface area contributed by atoms with Crippen LogP contribution in [0.25, 0.3) is 0 Å². The molecule has 1 atom stereocenters. The molecule has 1 unspecified atom stereocenters. The Morgan fingerprint density at radius 3 is 2.79 bits per heavy atom. The molecule has 14 heavy (non-hydrogen) atoms. The van der Waals surface area contributed by atoms with Crippen LogP contribution in [0.1, 0.15) is 12.2 Å². The second-order valence-electron chi connectivity index (χ2n) is 3.14. The smallest absolute Gasteiger partial charge is 0.399 e. The standard InChI is InChI=1S/C8H8F2O4/c9-8(10,5-1-2-12-3-5)6-4-13-7(11)14-6/h4-5H,1-3H2. The lowest BCUT2D eigenvalue weighted by Crippen LogP contribution is -2.25. The average molecular weight is 206 g/mol. The molecule has 0 aromatic carbocycles. The van der Waals surface area contributed by atoms with E-state index in [1.165, 1.54) is 0 Å². The molecule has 0 saturated carbocycles. The molecular weight excluding hydrogens is 198 g/mol. The van der Waals surface area contributed by atoms with Gasteiger partial charge in [-0.15, -0.1) is 0 Å². The van der Waals surface area contributed by atoms with Gasteiger partial charge in [0, 0.05) is 6.61 Å². The number of alkyl halides is 2. The van der Waals surface area contributed by atoms with Gasteiger partial charge >= 0.3 is 11.7 Å². The quantitative estimate of drug-likeness (QED) is 0.733. The molecule has 6 heteroatoms. The molecular formula is C8H8F2O4. The lowest BCUT2D eigenvalue weighted by Gasteiger charge is -2.17. The first-order valence-electron chi connectivity index (χ1n) is 4.15. The normalized spacial score (nSPS) is 22.9. The van der Waals surface area contributed by atoms with E-state index in [0.29, 0.717) is 12.9 Å². The topological polar surface area (TPSA) is 52.6 Å². The first-order chi connectivity index (χ1) is 6.60. The highest BCUT2D eigenvalue weighted by molar-refractivity contribution is 5.00. The van der Waals surface area contributed by atoms with Crippen LogP contribution in [0.2, 0.25) is 0 Å². The van der Waals surface area contributed by atoms with Crippen molar-refractivity contribution in [3.05, 3.63) is 22.6 Å². The van der Waals surface area contributed by atoms with E-state index in [4.69, 9.17) is 4.74 Å². The van der Waals surface area contributed by atoms with Gasteiger partial charge < -0.3 is 13.6 Å². The van der Waals surface area contributed by atoms with Crippen molar-refractivity contribution in [2.24, 2.45) is 5.92 Å². The molecule has 0 spiro atoms. The molecule has 2 rings (SSSR count). The molecule has 1 aliphatic heterocycles. The van der Waals surface area contributed by atoms with Crippen LogP contribution >= 0.6 is 0 Å².